The lowest BCUT2D eigenvalue weighted by Crippen LogP contribution is -1.98. The summed E-state index contributed by atoms with van der Waals surface area (Å²) in [5.41, 5.74) is 11.3. The van der Waals surface area contributed by atoms with Crippen molar-refractivity contribution < 1.29 is 9.13 Å². The van der Waals surface area contributed by atoms with E-state index in [1.54, 1.807) is 31.8 Å². The predicted molar refractivity (Wildman–Crippen MR) is 119 cm³/mol. The lowest BCUT2D eigenvalue weighted by molar-refractivity contribution is 0.415. The second kappa shape index (κ2) is 7.27. The van der Waals surface area contributed by atoms with Crippen LogP contribution < -0.4 is 10.5 Å². The van der Waals surface area contributed by atoms with Crippen LogP contribution in [0.1, 0.15) is 0 Å². The molecule has 0 aliphatic rings. The average Bonchev–Trinajstić information content (AvgIpc) is 3.40. The third-order valence-electron chi connectivity index (χ3n) is 4.92. The van der Waals surface area contributed by atoms with Crippen molar-refractivity contribution >= 4 is 27.2 Å². The van der Waals surface area contributed by atoms with E-state index in [0.717, 1.165) is 37.7 Å². The Morgan fingerprint density at radius 2 is 1.87 bits per heavy atom. The highest BCUT2D eigenvalue weighted by Crippen LogP contribution is 2.33. The molecular weight excluding hydrogens is 399 g/mol. The van der Waals surface area contributed by atoms with E-state index in [4.69, 9.17) is 10.5 Å². The maximum absolute atomic E-state index is 13.5. The molecule has 7 heteroatoms. The third-order valence-corrected chi connectivity index (χ3v) is 5.98. The van der Waals surface area contributed by atoms with Crippen LogP contribution in [0.2, 0.25) is 0 Å². The Kier molecular flexibility index (Phi) is 4.44. The van der Waals surface area contributed by atoms with Crippen LogP contribution in [0.4, 0.5) is 10.1 Å². The highest BCUT2D eigenvalue weighted by molar-refractivity contribution is 7.21. The van der Waals surface area contributed by atoms with E-state index in [1.165, 1.54) is 23.5 Å². The molecule has 2 aromatic heterocycles. The monoisotopic (exact) mass is 416 g/mol. The van der Waals surface area contributed by atoms with Crippen LogP contribution >= 0.6 is 11.3 Å². The highest BCUT2D eigenvalue weighted by Gasteiger charge is 2.12. The standard InChI is InChI=1S/C23H17FN4OS/c1-29-17-7-8-18(19(25)11-17)21-12-26-13-28(21)16-5-2-14(3-6-16)23-27-20-9-4-15(24)10-22(20)30-23/h2-13H,25H2,1H3. The molecular formula is C23H17FN4OS. The number of benzene rings is 3. The van der Waals surface area contributed by atoms with Gasteiger partial charge in [-0.25, -0.2) is 14.4 Å². The first kappa shape index (κ1) is 18.3. The number of imidazole rings is 1. The van der Waals surface area contributed by atoms with Gasteiger partial charge in [0.1, 0.15) is 16.6 Å². The summed E-state index contributed by atoms with van der Waals surface area (Å²) < 4.78 is 21.5. The van der Waals surface area contributed by atoms with Gasteiger partial charge in [-0.3, -0.25) is 4.57 Å². The van der Waals surface area contributed by atoms with Gasteiger partial charge in [0.05, 0.1) is 35.5 Å². The molecule has 30 heavy (non-hydrogen) atoms. The van der Waals surface area contributed by atoms with E-state index < -0.39 is 0 Å². The smallest absolute Gasteiger partial charge is 0.124 e. The molecule has 3 aromatic carbocycles. The van der Waals surface area contributed by atoms with Gasteiger partial charge in [-0.1, -0.05) is 0 Å². The molecule has 0 aliphatic heterocycles. The molecule has 0 radical (unpaired) electrons. The normalized spacial score (nSPS) is 11.1. The minimum Gasteiger partial charge on any atom is -0.497 e. The van der Waals surface area contributed by atoms with Gasteiger partial charge in [0.2, 0.25) is 0 Å². The van der Waals surface area contributed by atoms with E-state index >= 15 is 0 Å². The van der Waals surface area contributed by atoms with E-state index in [9.17, 15) is 4.39 Å². The lowest BCUT2D eigenvalue weighted by atomic mass is 10.1. The van der Waals surface area contributed by atoms with Crippen LogP contribution in [0.15, 0.2) is 73.2 Å². The number of rotatable bonds is 4. The van der Waals surface area contributed by atoms with Gasteiger partial charge in [-0.05, 0) is 54.6 Å². The summed E-state index contributed by atoms with van der Waals surface area (Å²) in [5.74, 6) is 0.459. The zero-order chi connectivity index (χ0) is 20.7. The van der Waals surface area contributed by atoms with Gasteiger partial charge in [0.15, 0.2) is 0 Å². The quantitative estimate of drug-likeness (QED) is 0.390. The van der Waals surface area contributed by atoms with Crippen molar-refractivity contribution in [2.45, 2.75) is 0 Å². The van der Waals surface area contributed by atoms with Crippen LogP contribution in [-0.2, 0) is 0 Å². The summed E-state index contributed by atoms with van der Waals surface area (Å²) in [6.07, 6.45) is 3.54. The van der Waals surface area contributed by atoms with E-state index in [2.05, 4.69) is 9.97 Å². The Hall–Kier alpha value is -3.71. The molecule has 0 spiro atoms. The second-order valence-corrected chi connectivity index (χ2v) is 7.81. The zero-order valence-electron chi connectivity index (χ0n) is 16.0. The number of anilines is 1. The van der Waals surface area contributed by atoms with Crippen molar-refractivity contribution in [3.63, 3.8) is 0 Å². The largest absolute Gasteiger partial charge is 0.497 e. The van der Waals surface area contributed by atoms with Gasteiger partial charge >= 0.3 is 0 Å². The fourth-order valence-electron chi connectivity index (χ4n) is 3.39. The van der Waals surface area contributed by atoms with Crippen LogP contribution in [0.5, 0.6) is 5.75 Å². The summed E-state index contributed by atoms with van der Waals surface area (Å²) >= 11 is 1.47. The Morgan fingerprint density at radius 1 is 1.03 bits per heavy atom. The van der Waals surface area contributed by atoms with Crippen molar-refractivity contribution in [3.05, 3.63) is 79.0 Å². The minimum atomic E-state index is -0.251. The first-order valence-electron chi connectivity index (χ1n) is 9.25. The van der Waals surface area contributed by atoms with Crippen molar-refractivity contribution in [2.75, 3.05) is 12.8 Å². The molecule has 0 atom stereocenters. The fourth-order valence-corrected chi connectivity index (χ4v) is 4.38. The number of methoxy groups -OCH3 is 1. The van der Waals surface area contributed by atoms with Crippen molar-refractivity contribution in [1.82, 2.24) is 14.5 Å². The number of thiazole rings is 1. The van der Waals surface area contributed by atoms with Crippen molar-refractivity contribution in [3.8, 4) is 33.3 Å². The first-order chi connectivity index (χ1) is 14.6. The Morgan fingerprint density at radius 3 is 2.63 bits per heavy atom. The number of hydrogen-bond donors (Lipinski definition) is 1. The summed E-state index contributed by atoms with van der Waals surface area (Å²) in [4.78, 5) is 8.92. The van der Waals surface area contributed by atoms with Crippen LogP contribution in [0, 0.1) is 5.82 Å². The minimum absolute atomic E-state index is 0.251. The fraction of sp³-hybridized carbons (Fsp3) is 0.0435. The maximum atomic E-state index is 13.5. The number of fused-ring (bicyclic) bond motifs is 1. The molecule has 2 heterocycles. The van der Waals surface area contributed by atoms with Gasteiger partial charge in [-0.2, -0.15) is 0 Å². The third kappa shape index (κ3) is 3.19. The van der Waals surface area contributed by atoms with Crippen LogP contribution in [-0.4, -0.2) is 21.6 Å². The summed E-state index contributed by atoms with van der Waals surface area (Å²) in [6.45, 7) is 0. The molecule has 5 nitrogen and oxygen atoms in total. The van der Waals surface area contributed by atoms with E-state index in [-0.39, 0.29) is 5.82 Å². The Labute approximate surface area is 176 Å². The topological polar surface area (TPSA) is 66.0 Å². The highest BCUT2D eigenvalue weighted by atomic mass is 32.1. The molecule has 0 unspecified atom stereocenters. The number of nitrogens with zero attached hydrogens (tertiary/aromatic N) is 3. The average molecular weight is 416 g/mol. The Bertz CT molecular complexity index is 1360. The summed E-state index contributed by atoms with van der Waals surface area (Å²) in [5, 5.41) is 0.854. The second-order valence-electron chi connectivity index (χ2n) is 6.78. The first-order valence-corrected chi connectivity index (χ1v) is 10.1. The van der Waals surface area contributed by atoms with Gasteiger partial charge < -0.3 is 10.5 Å². The van der Waals surface area contributed by atoms with E-state index in [1.807, 2.05) is 41.0 Å². The SMILES string of the molecule is COc1ccc(-c2cncn2-c2ccc(-c3nc4ccc(F)cc4s3)cc2)c(N)c1. The van der Waals surface area contributed by atoms with Crippen LogP contribution in [0.3, 0.4) is 0 Å². The van der Waals surface area contributed by atoms with Gasteiger partial charge in [0, 0.05) is 28.6 Å². The molecule has 0 saturated heterocycles. The zero-order valence-corrected chi connectivity index (χ0v) is 16.9. The number of ether oxygens (including phenoxy) is 1. The van der Waals surface area contributed by atoms with Gasteiger partial charge in [-0.15, -0.1) is 11.3 Å². The van der Waals surface area contributed by atoms with Crippen molar-refractivity contribution in [1.29, 1.82) is 0 Å². The Balaban J connectivity index is 1.50. The van der Waals surface area contributed by atoms with Crippen molar-refractivity contribution in [2.24, 2.45) is 0 Å². The number of aromatic nitrogens is 3. The van der Waals surface area contributed by atoms with Gasteiger partial charge in [0.25, 0.3) is 0 Å². The van der Waals surface area contributed by atoms with Crippen LogP contribution in [0.25, 0.3) is 37.7 Å². The predicted octanol–water partition coefficient (Wildman–Crippen LogP) is 5.55. The maximum Gasteiger partial charge on any atom is 0.124 e. The number of halogens is 1. The molecule has 148 valence electrons. The molecule has 0 amide bonds. The number of nitrogen functional groups attached to an aromatic ring is 1. The summed E-state index contributed by atoms with van der Waals surface area (Å²) in [7, 11) is 1.61. The molecule has 2 N–H and O–H groups in total. The molecule has 5 aromatic rings. The summed E-state index contributed by atoms with van der Waals surface area (Å²) in [6, 6.07) is 18.3. The number of hydrogen-bond acceptors (Lipinski definition) is 5. The molecule has 5 rings (SSSR count). The van der Waals surface area contributed by atoms with E-state index in [0.29, 0.717) is 11.4 Å². The molecule has 0 saturated carbocycles. The molecule has 0 aliphatic carbocycles. The molecule has 0 fully saturated rings. The lowest BCUT2D eigenvalue weighted by Gasteiger charge is -2.12. The molecule has 0 bridgehead atoms. The number of nitrogens with two attached hydrogens (primary N) is 1.